The molecule has 0 atom stereocenters. The van der Waals surface area contributed by atoms with Crippen LogP contribution in [0.3, 0.4) is 0 Å². The summed E-state index contributed by atoms with van der Waals surface area (Å²) in [5.74, 6) is -2.81. The molecule has 150 valence electrons. The van der Waals surface area contributed by atoms with Crippen molar-refractivity contribution in [2.75, 3.05) is 10.8 Å². The Morgan fingerprint density at radius 3 is 2.59 bits per heavy atom. The Bertz CT molecular complexity index is 1210. The minimum atomic E-state index is -4.02. The fraction of sp³-hybridized carbons (Fsp3) is 0.158. The van der Waals surface area contributed by atoms with E-state index >= 15 is 0 Å². The third-order valence-corrected chi connectivity index (χ3v) is 7.89. The average Bonchev–Trinajstić information content (AvgIpc) is 3.18. The van der Waals surface area contributed by atoms with Crippen molar-refractivity contribution in [3.63, 3.8) is 0 Å². The lowest BCUT2D eigenvalue weighted by Gasteiger charge is -2.30. The van der Waals surface area contributed by atoms with Crippen LogP contribution in [-0.4, -0.2) is 31.0 Å². The number of hydrogen-bond acceptors (Lipinski definition) is 5. The van der Waals surface area contributed by atoms with Crippen LogP contribution >= 0.6 is 11.3 Å². The number of carboxylic acids is 1. The summed E-state index contributed by atoms with van der Waals surface area (Å²) in [6.07, 6.45) is 2.14. The maximum absolute atomic E-state index is 14.2. The number of hydrogen-bond donors (Lipinski definition) is 1. The third kappa shape index (κ3) is 3.49. The van der Waals surface area contributed by atoms with Crippen molar-refractivity contribution in [1.29, 1.82) is 0 Å². The van der Waals surface area contributed by atoms with Gasteiger partial charge in [0.25, 0.3) is 10.0 Å². The molecule has 10 heteroatoms. The second-order valence-electron chi connectivity index (χ2n) is 6.44. The highest BCUT2D eigenvalue weighted by molar-refractivity contribution is 7.94. The van der Waals surface area contributed by atoms with E-state index in [0.717, 1.165) is 21.7 Å². The highest BCUT2D eigenvalue weighted by Crippen LogP contribution is 2.36. The summed E-state index contributed by atoms with van der Waals surface area (Å²) in [5.41, 5.74) is 0.686. The van der Waals surface area contributed by atoms with Gasteiger partial charge in [0, 0.05) is 12.1 Å². The number of anilines is 1. The van der Waals surface area contributed by atoms with Crippen LogP contribution < -0.4 is 4.31 Å². The first-order valence-electron chi connectivity index (χ1n) is 8.57. The number of aromatic carboxylic acids is 1. The first-order valence-corrected chi connectivity index (χ1v) is 10.8. The van der Waals surface area contributed by atoms with Gasteiger partial charge in [-0.05, 0) is 54.8 Å². The molecule has 4 rings (SSSR count). The molecular weight excluding hydrogens is 422 g/mol. The van der Waals surface area contributed by atoms with Gasteiger partial charge in [-0.25, -0.2) is 27.0 Å². The topological polar surface area (TPSA) is 87.6 Å². The van der Waals surface area contributed by atoms with Gasteiger partial charge in [-0.15, -0.1) is 11.3 Å². The molecule has 1 aliphatic rings. The molecule has 0 saturated carbocycles. The molecule has 0 saturated heterocycles. The monoisotopic (exact) mass is 436 g/mol. The lowest BCUT2D eigenvalue weighted by atomic mass is 10.0. The minimum absolute atomic E-state index is 0.0348. The van der Waals surface area contributed by atoms with E-state index in [1.54, 1.807) is 0 Å². The van der Waals surface area contributed by atoms with Gasteiger partial charge < -0.3 is 5.11 Å². The molecule has 6 nitrogen and oxygen atoms in total. The smallest absolute Gasteiger partial charge is 0.338 e. The maximum atomic E-state index is 14.2. The van der Waals surface area contributed by atoms with Gasteiger partial charge in [0.15, 0.2) is 4.21 Å². The zero-order valence-electron chi connectivity index (χ0n) is 14.8. The Morgan fingerprint density at radius 2 is 1.90 bits per heavy atom. The lowest BCUT2D eigenvalue weighted by Crippen LogP contribution is -2.35. The van der Waals surface area contributed by atoms with E-state index in [4.69, 9.17) is 5.11 Å². The number of carbonyl (C=O) groups is 1. The van der Waals surface area contributed by atoms with E-state index in [-0.39, 0.29) is 16.4 Å². The first-order chi connectivity index (χ1) is 13.8. The standard InChI is InChI=1S/C19H14F2N2O4S2/c20-13-5-3-11(4-6-13)18-22-10-17(28-18)29(26,27)23-7-1-2-12-8-14(19(24)25)15(21)9-16(12)23/h3-6,8-10H,1-2,7H2,(H,24,25). The molecule has 1 N–H and O–H groups in total. The van der Waals surface area contributed by atoms with Crippen molar-refractivity contribution in [2.45, 2.75) is 17.1 Å². The van der Waals surface area contributed by atoms with Crippen molar-refractivity contribution in [1.82, 2.24) is 4.98 Å². The molecular formula is C19H14F2N2O4S2. The highest BCUT2D eigenvalue weighted by Gasteiger charge is 2.32. The summed E-state index contributed by atoms with van der Waals surface area (Å²) in [6.45, 7) is 0.144. The molecule has 0 aliphatic carbocycles. The number of carboxylic acid groups (broad SMARTS) is 1. The van der Waals surface area contributed by atoms with Crippen LogP contribution in [0.2, 0.25) is 0 Å². The number of nitrogens with zero attached hydrogens (tertiary/aromatic N) is 2. The van der Waals surface area contributed by atoms with Gasteiger partial charge >= 0.3 is 5.97 Å². The van der Waals surface area contributed by atoms with Crippen LogP contribution in [0.1, 0.15) is 22.3 Å². The number of aromatic nitrogens is 1. The Hall–Kier alpha value is -2.85. The average molecular weight is 436 g/mol. The van der Waals surface area contributed by atoms with Crippen LogP contribution in [0.4, 0.5) is 14.5 Å². The van der Waals surface area contributed by atoms with E-state index in [1.165, 1.54) is 36.5 Å². The number of sulfonamides is 1. The Morgan fingerprint density at radius 1 is 1.17 bits per heavy atom. The zero-order chi connectivity index (χ0) is 20.8. The molecule has 0 unspecified atom stereocenters. The molecule has 3 aromatic rings. The number of rotatable bonds is 4. The molecule has 0 amide bonds. The zero-order valence-corrected chi connectivity index (χ0v) is 16.4. The van der Waals surface area contributed by atoms with Crippen molar-refractivity contribution < 1.29 is 27.1 Å². The fourth-order valence-corrected chi connectivity index (χ4v) is 5.98. The number of thiazole rings is 1. The van der Waals surface area contributed by atoms with E-state index in [1.807, 2.05) is 0 Å². The number of halogens is 2. The Balaban J connectivity index is 1.73. The van der Waals surface area contributed by atoms with Crippen molar-refractivity contribution in [3.8, 4) is 10.6 Å². The molecule has 0 bridgehead atoms. The molecule has 2 heterocycles. The Kier molecular flexibility index (Phi) is 4.83. The fourth-order valence-electron chi connectivity index (χ4n) is 3.20. The van der Waals surface area contributed by atoms with E-state index < -0.39 is 33.2 Å². The molecule has 2 aromatic carbocycles. The summed E-state index contributed by atoms with van der Waals surface area (Å²) in [6, 6.07) is 7.67. The summed E-state index contributed by atoms with van der Waals surface area (Å²) in [7, 11) is -4.02. The molecule has 0 fully saturated rings. The Labute approximate surface area is 169 Å². The first kappa shape index (κ1) is 19.5. The quantitative estimate of drug-likeness (QED) is 0.670. The summed E-state index contributed by atoms with van der Waals surface area (Å²) in [5, 5.41) is 9.51. The number of benzene rings is 2. The van der Waals surface area contributed by atoms with Crippen LogP contribution in [0.25, 0.3) is 10.6 Å². The summed E-state index contributed by atoms with van der Waals surface area (Å²) in [4.78, 5) is 15.3. The van der Waals surface area contributed by atoms with E-state index in [0.29, 0.717) is 29.0 Å². The van der Waals surface area contributed by atoms with Crippen LogP contribution in [-0.2, 0) is 16.4 Å². The highest BCUT2D eigenvalue weighted by atomic mass is 32.2. The predicted molar refractivity (Wildman–Crippen MR) is 104 cm³/mol. The SMILES string of the molecule is O=C(O)c1cc2c(cc1F)N(S(=O)(=O)c1cnc(-c3ccc(F)cc3)s1)CCC2. The van der Waals surface area contributed by atoms with Crippen molar-refractivity contribution >= 4 is 33.0 Å². The molecule has 0 radical (unpaired) electrons. The van der Waals surface area contributed by atoms with E-state index in [2.05, 4.69) is 4.98 Å². The van der Waals surface area contributed by atoms with Crippen LogP contribution in [0.5, 0.6) is 0 Å². The third-order valence-electron chi connectivity index (χ3n) is 4.59. The van der Waals surface area contributed by atoms with Gasteiger partial charge in [-0.2, -0.15) is 0 Å². The van der Waals surface area contributed by atoms with Gasteiger partial charge in [-0.1, -0.05) is 0 Å². The van der Waals surface area contributed by atoms with Crippen LogP contribution in [0.15, 0.2) is 46.8 Å². The minimum Gasteiger partial charge on any atom is -0.478 e. The van der Waals surface area contributed by atoms with Gasteiger partial charge in [0.05, 0.1) is 17.4 Å². The van der Waals surface area contributed by atoms with Crippen molar-refractivity contribution in [2.24, 2.45) is 0 Å². The normalized spacial score (nSPS) is 13.9. The second kappa shape index (κ2) is 7.20. The van der Waals surface area contributed by atoms with Gasteiger partial charge in [0.2, 0.25) is 0 Å². The molecule has 29 heavy (non-hydrogen) atoms. The lowest BCUT2D eigenvalue weighted by molar-refractivity contribution is 0.0691. The second-order valence-corrected chi connectivity index (χ2v) is 9.56. The summed E-state index contributed by atoms with van der Waals surface area (Å²) >= 11 is 0.928. The number of fused-ring (bicyclic) bond motifs is 1. The van der Waals surface area contributed by atoms with Crippen LogP contribution in [0, 0.1) is 11.6 Å². The van der Waals surface area contributed by atoms with Gasteiger partial charge in [0.1, 0.15) is 16.6 Å². The number of aryl methyl sites for hydroxylation is 1. The van der Waals surface area contributed by atoms with Crippen molar-refractivity contribution in [3.05, 3.63) is 65.4 Å². The maximum Gasteiger partial charge on any atom is 0.338 e. The predicted octanol–water partition coefficient (Wildman–Crippen LogP) is 3.93. The molecule has 1 aliphatic heterocycles. The molecule has 1 aromatic heterocycles. The summed E-state index contributed by atoms with van der Waals surface area (Å²) < 4.78 is 54.7. The van der Waals surface area contributed by atoms with Gasteiger partial charge in [-0.3, -0.25) is 4.31 Å². The molecule has 0 spiro atoms. The van der Waals surface area contributed by atoms with E-state index in [9.17, 15) is 22.0 Å². The largest absolute Gasteiger partial charge is 0.478 e.